The van der Waals surface area contributed by atoms with Crippen LogP contribution < -0.4 is 4.74 Å². The van der Waals surface area contributed by atoms with Crippen LogP contribution in [0.25, 0.3) is 16.9 Å². The van der Waals surface area contributed by atoms with Crippen LogP contribution in [0.4, 0.5) is 0 Å². The van der Waals surface area contributed by atoms with E-state index in [4.69, 9.17) is 16.3 Å². The Kier molecular flexibility index (Phi) is 4.59. The van der Waals surface area contributed by atoms with E-state index in [1.807, 2.05) is 37.5 Å². The number of halogens is 1. The number of aliphatic hydroxyl groups is 1. The van der Waals surface area contributed by atoms with Crippen molar-refractivity contribution >= 4 is 11.6 Å². The average molecular weight is 347 g/mol. The number of rotatable bonds is 5. The second-order valence-corrected chi connectivity index (χ2v) is 6.06. The lowest BCUT2D eigenvalue weighted by Crippen LogP contribution is -2.18. The van der Waals surface area contributed by atoms with Gasteiger partial charge in [-0.25, -0.2) is 4.68 Å². The number of benzene rings is 1. The zero-order valence-corrected chi connectivity index (χ0v) is 14.5. The average Bonchev–Trinajstić information content (AvgIpc) is 3.23. The first-order valence-corrected chi connectivity index (χ1v) is 8.00. The van der Waals surface area contributed by atoms with E-state index in [-0.39, 0.29) is 6.04 Å². The van der Waals surface area contributed by atoms with Gasteiger partial charge in [0.15, 0.2) is 0 Å². The molecule has 126 valence electrons. The zero-order chi connectivity index (χ0) is 17.3. The highest BCUT2D eigenvalue weighted by Crippen LogP contribution is 2.35. The maximum Gasteiger partial charge on any atom is 0.128 e. The molecule has 0 spiro atoms. The number of aliphatic hydroxyl groups excluding tert-OH is 1. The molecule has 1 aromatic carbocycles. The van der Waals surface area contributed by atoms with Crippen LogP contribution in [0.15, 0.2) is 42.9 Å². The van der Waals surface area contributed by atoms with Crippen molar-refractivity contribution < 1.29 is 9.84 Å². The Morgan fingerprint density at radius 2 is 2.08 bits per heavy atom. The van der Waals surface area contributed by atoms with Crippen LogP contribution in [0.3, 0.4) is 0 Å². The molecule has 0 aliphatic heterocycles. The molecule has 6 nitrogen and oxygen atoms in total. The lowest BCUT2D eigenvalue weighted by Gasteiger charge is -2.14. The molecule has 3 aromatic rings. The van der Waals surface area contributed by atoms with Gasteiger partial charge in [-0.1, -0.05) is 11.6 Å². The van der Waals surface area contributed by atoms with Gasteiger partial charge in [0.1, 0.15) is 17.1 Å². The summed E-state index contributed by atoms with van der Waals surface area (Å²) in [6, 6.07) is 7.05. The van der Waals surface area contributed by atoms with Crippen LogP contribution in [0.2, 0.25) is 5.02 Å². The van der Waals surface area contributed by atoms with Crippen LogP contribution in [-0.2, 0) is 0 Å². The zero-order valence-electron chi connectivity index (χ0n) is 13.7. The Hall–Kier alpha value is -2.31. The topological polar surface area (TPSA) is 65.1 Å². The van der Waals surface area contributed by atoms with Crippen LogP contribution in [0, 0.1) is 0 Å². The first-order valence-electron chi connectivity index (χ1n) is 7.62. The minimum atomic E-state index is -0.538. The first kappa shape index (κ1) is 16.5. The molecule has 2 aromatic heterocycles. The van der Waals surface area contributed by atoms with Crippen molar-refractivity contribution in [1.29, 1.82) is 0 Å². The molecule has 0 amide bonds. The Balaban J connectivity index is 2.21. The van der Waals surface area contributed by atoms with Gasteiger partial charge in [0, 0.05) is 23.0 Å². The van der Waals surface area contributed by atoms with E-state index in [9.17, 15) is 5.11 Å². The number of hydrogen-bond donors (Lipinski definition) is 1. The SMILES string of the molecule is COc1ccc(Cl)cc1-c1nn([C@H](C)[C@H](C)O)cc1-n1cccn1. The largest absolute Gasteiger partial charge is 0.496 e. The Bertz CT molecular complexity index is 827. The van der Waals surface area contributed by atoms with Crippen molar-refractivity contribution in [2.75, 3.05) is 7.11 Å². The van der Waals surface area contributed by atoms with E-state index < -0.39 is 6.10 Å². The maximum atomic E-state index is 9.89. The van der Waals surface area contributed by atoms with Crippen molar-refractivity contribution in [3.05, 3.63) is 47.9 Å². The lowest BCUT2D eigenvalue weighted by atomic mass is 10.1. The van der Waals surface area contributed by atoms with Gasteiger partial charge in [-0.3, -0.25) is 4.68 Å². The van der Waals surface area contributed by atoms with E-state index in [0.717, 1.165) is 11.3 Å². The molecule has 0 aliphatic rings. The summed E-state index contributed by atoms with van der Waals surface area (Å²) in [5.41, 5.74) is 2.24. The predicted molar refractivity (Wildman–Crippen MR) is 92.7 cm³/mol. The van der Waals surface area contributed by atoms with Gasteiger partial charge in [-0.05, 0) is 38.1 Å². The molecule has 24 heavy (non-hydrogen) atoms. The van der Waals surface area contributed by atoms with Gasteiger partial charge < -0.3 is 9.84 Å². The third-order valence-electron chi connectivity index (χ3n) is 4.00. The van der Waals surface area contributed by atoms with Crippen molar-refractivity contribution in [2.24, 2.45) is 0 Å². The fraction of sp³-hybridized carbons (Fsp3) is 0.294. The fourth-order valence-corrected chi connectivity index (χ4v) is 2.62. The Morgan fingerprint density at radius 1 is 1.29 bits per heavy atom. The molecular weight excluding hydrogens is 328 g/mol. The van der Waals surface area contributed by atoms with Gasteiger partial charge in [-0.15, -0.1) is 0 Å². The first-order chi connectivity index (χ1) is 11.5. The molecule has 0 saturated heterocycles. The summed E-state index contributed by atoms with van der Waals surface area (Å²) in [4.78, 5) is 0. The second kappa shape index (κ2) is 6.67. The third kappa shape index (κ3) is 3.02. The second-order valence-electron chi connectivity index (χ2n) is 5.62. The summed E-state index contributed by atoms with van der Waals surface area (Å²) < 4.78 is 8.92. The Morgan fingerprint density at radius 3 is 2.71 bits per heavy atom. The standard InChI is InChI=1S/C17H19ClN4O2/c1-11(12(2)23)22-10-15(21-8-4-7-19-21)17(20-22)14-9-13(18)5-6-16(14)24-3/h4-12,23H,1-3H3/t11-,12+/m1/s1. The van der Waals surface area contributed by atoms with Crippen molar-refractivity contribution in [1.82, 2.24) is 19.6 Å². The number of hydrogen-bond acceptors (Lipinski definition) is 4. The third-order valence-corrected chi connectivity index (χ3v) is 4.23. The molecule has 0 unspecified atom stereocenters. The molecule has 0 radical (unpaired) electrons. The minimum absolute atomic E-state index is 0.182. The number of nitrogens with zero attached hydrogens (tertiary/aromatic N) is 4. The molecule has 0 fully saturated rings. The maximum absolute atomic E-state index is 9.89. The van der Waals surface area contributed by atoms with Crippen molar-refractivity contribution in [2.45, 2.75) is 26.0 Å². The molecule has 2 heterocycles. The summed E-state index contributed by atoms with van der Waals surface area (Å²) in [5, 5.41) is 19.4. The summed E-state index contributed by atoms with van der Waals surface area (Å²) in [7, 11) is 1.61. The van der Waals surface area contributed by atoms with Gasteiger partial charge >= 0.3 is 0 Å². The quantitative estimate of drug-likeness (QED) is 0.769. The highest BCUT2D eigenvalue weighted by Gasteiger charge is 2.21. The summed E-state index contributed by atoms with van der Waals surface area (Å²) in [5.74, 6) is 0.669. The molecule has 2 atom stereocenters. The van der Waals surface area contributed by atoms with E-state index >= 15 is 0 Å². The van der Waals surface area contributed by atoms with E-state index in [1.165, 1.54) is 0 Å². The van der Waals surface area contributed by atoms with Crippen LogP contribution in [0.5, 0.6) is 5.75 Å². The predicted octanol–water partition coefficient (Wildman–Crippen LogP) is 3.34. The van der Waals surface area contributed by atoms with Crippen LogP contribution >= 0.6 is 11.6 Å². The van der Waals surface area contributed by atoms with E-state index in [0.29, 0.717) is 16.5 Å². The lowest BCUT2D eigenvalue weighted by molar-refractivity contribution is 0.132. The van der Waals surface area contributed by atoms with Crippen molar-refractivity contribution in [3.8, 4) is 22.7 Å². The van der Waals surface area contributed by atoms with Gasteiger partial charge in [-0.2, -0.15) is 10.2 Å². The smallest absolute Gasteiger partial charge is 0.128 e. The van der Waals surface area contributed by atoms with Gasteiger partial charge in [0.25, 0.3) is 0 Å². The normalized spacial score (nSPS) is 13.7. The molecule has 7 heteroatoms. The van der Waals surface area contributed by atoms with Crippen molar-refractivity contribution in [3.63, 3.8) is 0 Å². The van der Waals surface area contributed by atoms with Gasteiger partial charge in [0.2, 0.25) is 0 Å². The molecule has 3 rings (SSSR count). The number of aromatic nitrogens is 4. The summed E-state index contributed by atoms with van der Waals surface area (Å²) >= 11 is 6.17. The summed E-state index contributed by atoms with van der Waals surface area (Å²) in [6.07, 6.45) is 4.87. The number of ether oxygens (including phenoxy) is 1. The molecule has 0 bridgehead atoms. The van der Waals surface area contributed by atoms with Crippen LogP contribution in [0.1, 0.15) is 19.9 Å². The molecular formula is C17H19ClN4O2. The minimum Gasteiger partial charge on any atom is -0.496 e. The van der Waals surface area contributed by atoms with Crippen LogP contribution in [-0.4, -0.2) is 37.9 Å². The highest BCUT2D eigenvalue weighted by atomic mass is 35.5. The number of methoxy groups -OCH3 is 1. The fourth-order valence-electron chi connectivity index (χ4n) is 2.45. The molecule has 0 aliphatic carbocycles. The highest BCUT2D eigenvalue weighted by molar-refractivity contribution is 6.31. The van der Waals surface area contributed by atoms with E-state index in [2.05, 4.69) is 10.2 Å². The molecule has 1 N–H and O–H groups in total. The Labute approximate surface area is 145 Å². The van der Waals surface area contributed by atoms with E-state index in [1.54, 1.807) is 35.7 Å². The molecule has 0 saturated carbocycles. The summed E-state index contributed by atoms with van der Waals surface area (Å²) in [6.45, 7) is 3.64. The van der Waals surface area contributed by atoms with Gasteiger partial charge in [0.05, 0.1) is 25.5 Å². The monoisotopic (exact) mass is 346 g/mol.